The van der Waals surface area contributed by atoms with E-state index in [1.807, 2.05) is 30.3 Å². The lowest BCUT2D eigenvalue weighted by atomic mass is 10.1. The molecule has 0 saturated heterocycles. The third kappa shape index (κ3) is 2.56. The molecule has 0 atom stereocenters. The van der Waals surface area contributed by atoms with Crippen molar-refractivity contribution in [2.75, 3.05) is 0 Å². The van der Waals surface area contributed by atoms with Gasteiger partial charge in [0.1, 0.15) is 6.33 Å². The molecule has 2 aromatic heterocycles. The summed E-state index contributed by atoms with van der Waals surface area (Å²) in [6.07, 6.45) is 3.01. The van der Waals surface area contributed by atoms with Crippen LogP contribution in [0.3, 0.4) is 0 Å². The van der Waals surface area contributed by atoms with Crippen molar-refractivity contribution in [1.29, 1.82) is 0 Å². The van der Waals surface area contributed by atoms with E-state index in [1.165, 1.54) is 6.33 Å². The molecular weight excluding hydrogens is 256 g/mol. The van der Waals surface area contributed by atoms with Gasteiger partial charge in [-0.1, -0.05) is 24.3 Å². The molecule has 0 spiro atoms. The van der Waals surface area contributed by atoms with Crippen molar-refractivity contribution >= 4 is 5.91 Å². The van der Waals surface area contributed by atoms with E-state index in [9.17, 15) is 4.79 Å². The van der Waals surface area contributed by atoms with E-state index in [-0.39, 0.29) is 11.7 Å². The van der Waals surface area contributed by atoms with Gasteiger partial charge in [-0.2, -0.15) is 10.2 Å². The summed E-state index contributed by atoms with van der Waals surface area (Å²) in [5, 5.41) is 15.7. The van der Waals surface area contributed by atoms with Crippen LogP contribution in [0, 0.1) is 0 Å². The molecule has 0 bridgehead atoms. The Balaban J connectivity index is 1.63. The Bertz CT molecular complexity index is 672. The van der Waals surface area contributed by atoms with Crippen LogP contribution in [-0.4, -0.2) is 31.3 Å². The molecule has 0 aliphatic heterocycles. The maximum Gasteiger partial charge on any atom is 0.288 e. The fourth-order valence-electron chi connectivity index (χ4n) is 1.80. The zero-order valence-corrected chi connectivity index (χ0v) is 10.5. The second kappa shape index (κ2) is 5.35. The summed E-state index contributed by atoms with van der Waals surface area (Å²) in [7, 11) is 0. The first-order valence-electron chi connectivity index (χ1n) is 6.05. The molecule has 1 aromatic carbocycles. The minimum Gasteiger partial charge on any atom is -0.345 e. The summed E-state index contributed by atoms with van der Waals surface area (Å²) < 4.78 is 0. The first-order chi connectivity index (χ1) is 9.83. The van der Waals surface area contributed by atoms with Gasteiger partial charge in [-0.3, -0.25) is 15.0 Å². The molecule has 20 heavy (non-hydrogen) atoms. The molecule has 0 aliphatic carbocycles. The monoisotopic (exact) mass is 268 g/mol. The van der Waals surface area contributed by atoms with Crippen molar-refractivity contribution in [3.8, 4) is 11.3 Å². The van der Waals surface area contributed by atoms with Gasteiger partial charge in [0, 0.05) is 12.7 Å². The molecule has 7 nitrogen and oxygen atoms in total. The number of H-pyrrole nitrogens is 2. The lowest BCUT2D eigenvalue weighted by Crippen LogP contribution is -2.23. The highest BCUT2D eigenvalue weighted by atomic mass is 16.2. The van der Waals surface area contributed by atoms with Crippen LogP contribution in [0.2, 0.25) is 0 Å². The molecule has 0 fully saturated rings. The lowest BCUT2D eigenvalue weighted by molar-refractivity contribution is 0.0941. The highest BCUT2D eigenvalue weighted by Gasteiger charge is 2.07. The van der Waals surface area contributed by atoms with Crippen molar-refractivity contribution < 1.29 is 4.79 Å². The van der Waals surface area contributed by atoms with Gasteiger partial charge >= 0.3 is 0 Å². The van der Waals surface area contributed by atoms with Gasteiger partial charge in [-0.25, -0.2) is 4.98 Å². The van der Waals surface area contributed by atoms with Gasteiger partial charge in [0.15, 0.2) is 0 Å². The van der Waals surface area contributed by atoms with Crippen molar-refractivity contribution in [2.45, 2.75) is 6.54 Å². The number of carbonyl (C=O) groups excluding carboxylic acids is 1. The van der Waals surface area contributed by atoms with Gasteiger partial charge in [0.05, 0.1) is 5.69 Å². The van der Waals surface area contributed by atoms with Gasteiger partial charge in [-0.15, -0.1) is 0 Å². The van der Waals surface area contributed by atoms with Gasteiger partial charge in [0.2, 0.25) is 5.82 Å². The Morgan fingerprint density at radius 1 is 1.10 bits per heavy atom. The minimum atomic E-state index is -0.278. The molecule has 3 N–H and O–H groups in total. The maximum atomic E-state index is 11.7. The summed E-state index contributed by atoms with van der Waals surface area (Å²) in [6.45, 7) is 0.433. The molecule has 7 heteroatoms. The quantitative estimate of drug-likeness (QED) is 0.660. The summed E-state index contributed by atoms with van der Waals surface area (Å²) in [5.74, 6) is -0.0702. The van der Waals surface area contributed by atoms with Crippen LogP contribution < -0.4 is 5.32 Å². The first kappa shape index (κ1) is 12.1. The number of amides is 1. The largest absolute Gasteiger partial charge is 0.345 e. The number of aromatic nitrogens is 5. The van der Waals surface area contributed by atoms with Crippen LogP contribution in [0.1, 0.15) is 16.2 Å². The smallest absolute Gasteiger partial charge is 0.288 e. The molecule has 100 valence electrons. The third-order valence-electron chi connectivity index (χ3n) is 2.85. The number of rotatable bonds is 4. The van der Waals surface area contributed by atoms with Crippen LogP contribution in [-0.2, 0) is 6.54 Å². The predicted molar refractivity (Wildman–Crippen MR) is 71.6 cm³/mol. The fourth-order valence-corrected chi connectivity index (χ4v) is 1.80. The van der Waals surface area contributed by atoms with E-state index >= 15 is 0 Å². The molecule has 3 rings (SSSR count). The Morgan fingerprint density at radius 2 is 1.95 bits per heavy atom. The van der Waals surface area contributed by atoms with Crippen molar-refractivity contribution in [3.05, 3.63) is 54.2 Å². The predicted octanol–water partition coefficient (Wildman–Crippen LogP) is 1.12. The van der Waals surface area contributed by atoms with E-state index in [4.69, 9.17) is 0 Å². The van der Waals surface area contributed by atoms with Crippen molar-refractivity contribution in [2.24, 2.45) is 0 Å². The summed E-state index contributed by atoms with van der Waals surface area (Å²) in [4.78, 5) is 15.5. The molecule has 3 aromatic rings. The number of hydrogen-bond donors (Lipinski definition) is 3. The minimum absolute atomic E-state index is 0.207. The molecule has 0 saturated carbocycles. The average Bonchev–Trinajstić information content (AvgIpc) is 3.18. The van der Waals surface area contributed by atoms with Crippen LogP contribution in [0.5, 0.6) is 0 Å². The molecular formula is C13H12N6O. The van der Waals surface area contributed by atoms with Crippen LogP contribution >= 0.6 is 0 Å². The third-order valence-corrected chi connectivity index (χ3v) is 2.85. The van der Waals surface area contributed by atoms with Crippen molar-refractivity contribution in [3.63, 3.8) is 0 Å². The Labute approximate surface area is 114 Å². The fraction of sp³-hybridized carbons (Fsp3) is 0.0769. The van der Waals surface area contributed by atoms with Crippen LogP contribution in [0.4, 0.5) is 0 Å². The van der Waals surface area contributed by atoms with Crippen LogP contribution in [0.25, 0.3) is 11.3 Å². The first-order valence-corrected chi connectivity index (χ1v) is 6.05. The number of carbonyl (C=O) groups is 1. The van der Waals surface area contributed by atoms with Gasteiger partial charge in [-0.05, 0) is 17.2 Å². The molecule has 0 aliphatic rings. The maximum absolute atomic E-state index is 11.7. The second-order valence-electron chi connectivity index (χ2n) is 4.18. The van der Waals surface area contributed by atoms with Crippen LogP contribution in [0.15, 0.2) is 42.9 Å². The van der Waals surface area contributed by atoms with Gasteiger partial charge in [0.25, 0.3) is 5.91 Å². The molecule has 0 unspecified atom stereocenters. The molecule has 1 amide bonds. The standard InChI is InChI=1S/C13H12N6O/c20-13(12-15-8-17-19-12)14-7-9-1-3-10(4-2-9)11-5-6-16-18-11/h1-6,8H,7H2,(H,14,20)(H,16,18)(H,15,17,19). The van der Waals surface area contributed by atoms with E-state index in [1.54, 1.807) is 6.20 Å². The van der Waals surface area contributed by atoms with E-state index in [0.717, 1.165) is 16.8 Å². The summed E-state index contributed by atoms with van der Waals surface area (Å²) in [6, 6.07) is 9.77. The summed E-state index contributed by atoms with van der Waals surface area (Å²) in [5.41, 5.74) is 3.01. The lowest BCUT2D eigenvalue weighted by Gasteiger charge is -2.04. The number of aromatic amines is 2. The Hall–Kier alpha value is -2.96. The summed E-state index contributed by atoms with van der Waals surface area (Å²) >= 11 is 0. The number of nitrogens with one attached hydrogen (secondary N) is 3. The van der Waals surface area contributed by atoms with E-state index in [0.29, 0.717) is 6.54 Å². The average molecular weight is 268 g/mol. The molecule has 2 heterocycles. The number of benzene rings is 1. The highest BCUT2D eigenvalue weighted by Crippen LogP contribution is 2.16. The second-order valence-corrected chi connectivity index (χ2v) is 4.18. The number of nitrogens with zero attached hydrogens (tertiary/aromatic N) is 3. The SMILES string of the molecule is O=C(NCc1ccc(-c2ccn[nH]2)cc1)c1ncn[nH]1. The molecule has 0 radical (unpaired) electrons. The van der Waals surface area contributed by atoms with Crippen molar-refractivity contribution in [1.82, 2.24) is 30.7 Å². The van der Waals surface area contributed by atoms with E-state index < -0.39 is 0 Å². The topological polar surface area (TPSA) is 99.3 Å². The zero-order valence-electron chi connectivity index (χ0n) is 10.5. The highest BCUT2D eigenvalue weighted by molar-refractivity contribution is 5.90. The Kier molecular flexibility index (Phi) is 3.24. The number of hydrogen-bond acceptors (Lipinski definition) is 4. The van der Waals surface area contributed by atoms with Gasteiger partial charge < -0.3 is 5.32 Å². The normalized spacial score (nSPS) is 10.4. The zero-order chi connectivity index (χ0) is 13.8. The van der Waals surface area contributed by atoms with E-state index in [2.05, 4.69) is 30.7 Å². The Morgan fingerprint density at radius 3 is 2.60 bits per heavy atom.